The van der Waals surface area contributed by atoms with Crippen molar-refractivity contribution in [2.45, 2.75) is 26.3 Å². The molecule has 162 valence electrons. The summed E-state index contributed by atoms with van der Waals surface area (Å²) >= 11 is 0. The van der Waals surface area contributed by atoms with Crippen LogP contribution in [0.25, 0.3) is 5.76 Å². The Labute approximate surface area is 187 Å². The second-order valence-corrected chi connectivity index (χ2v) is 7.56. The van der Waals surface area contributed by atoms with Gasteiger partial charge in [0, 0.05) is 11.3 Å². The Morgan fingerprint density at radius 2 is 1.56 bits per heavy atom. The van der Waals surface area contributed by atoms with Crippen molar-refractivity contribution >= 4 is 23.1 Å². The number of carbonyl (C=O) groups excluding carboxylic acids is 2. The average Bonchev–Trinajstić information content (AvgIpc) is 3.10. The van der Waals surface area contributed by atoms with Crippen LogP contribution in [0.15, 0.2) is 84.4 Å². The molecule has 5 nitrogen and oxygen atoms in total. The normalized spacial score (nSPS) is 17.6. The second-order valence-electron chi connectivity index (χ2n) is 7.56. The van der Waals surface area contributed by atoms with E-state index in [-0.39, 0.29) is 11.3 Å². The van der Waals surface area contributed by atoms with Crippen molar-refractivity contribution in [3.05, 3.63) is 101 Å². The van der Waals surface area contributed by atoms with E-state index in [1.807, 2.05) is 56.3 Å². The number of aliphatic hydroxyl groups excluding tert-OH is 1. The Hall–Kier alpha value is -3.86. The minimum atomic E-state index is -0.736. The number of nitrogens with zero attached hydrogens (tertiary/aromatic N) is 1. The first-order valence-corrected chi connectivity index (χ1v) is 10.7. The number of ketones is 1. The first kappa shape index (κ1) is 21.4. The van der Waals surface area contributed by atoms with Gasteiger partial charge in [0.2, 0.25) is 0 Å². The van der Waals surface area contributed by atoms with Crippen molar-refractivity contribution < 1.29 is 19.4 Å². The van der Waals surface area contributed by atoms with Gasteiger partial charge in [0.15, 0.2) is 0 Å². The van der Waals surface area contributed by atoms with Crippen molar-refractivity contribution in [1.82, 2.24) is 0 Å². The molecular weight excluding hydrogens is 402 g/mol. The molecule has 1 N–H and O–H groups in total. The maximum Gasteiger partial charge on any atom is 0.300 e. The van der Waals surface area contributed by atoms with Gasteiger partial charge in [-0.1, -0.05) is 61.5 Å². The van der Waals surface area contributed by atoms with Crippen LogP contribution in [0.1, 0.15) is 36.6 Å². The van der Waals surface area contributed by atoms with Crippen LogP contribution in [-0.4, -0.2) is 23.4 Å². The zero-order valence-electron chi connectivity index (χ0n) is 18.1. The van der Waals surface area contributed by atoms with Crippen LogP contribution >= 0.6 is 0 Å². The van der Waals surface area contributed by atoms with Crippen molar-refractivity contribution in [1.29, 1.82) is 0 Å². The monoisotopic (exact) mass is 427 g/mol. The number of anilines is 1. The highest BCUT2D eigenvalue weighted by Gasteiger charge is 2.46. The van der Waals surface area contributed by atoms with Gasteiger partial charge in [0.25, 0.3) is 11.7 Å². The molecule has 4 rings (SSSR count). The molecular formula is C27H25NO4. The average molecular weight is 428 g/mol. The lowest BCUT2D eigenvalue weighted by atomic mass is 9.95. The minimum Gasteiger partial charge on any atom is -0.507 e. The summed E-state index contributed by atoms with van der Waals surface area (Å²) in [5.74, 6) is -0.868. The Morgan fingerprint density at radius 3 is 2.16 bits per heavy atom. The van der Waals surface area contributed by atoms with Crippen molar-refractivity contribution in [2.75, 3.05) is 11.5 Å². The Kier molecular flexibility index (Phi) is 6.08. The van der Waals surface area contributed by atoms with Crippen LogP contribution in [0.4, 0.5) is 5.69 Å². The Morgan fingerprint density at radius 1 is 0.906 bits per heavy atom. The number of aryl methyl sites for hydroxylation is 1. The van der Waals surface area contributed by atoms with Crippen LogP contribution in [-0.2, 0) is 16.0 Å². The standard InChI is InChI=1S/C27H25NO4/c1-3-18-10-12-20(13-11-18)25(29)23-24(19-8-6-5-7-9-19)28(27(31)26(23)30)21-14-16-22(17-15-21)32-4-2/h5-17,24,29H,3-4H2,1-2H3/b25-23+. The zero-order chi connectivity index (χ0) is 22.7. The van der Waals surface area contributed by atoms with E-state index >= 15 is 0 Å². The smallest absolute Gasteiger partial charge is 0.300 e. The number of rotatable bonds is 6. The van der Waals surface area contributed by atoms with Gasteiger partial charge in [-0.2, -0.15) is 0 Å². The van der Waals surface area contributed by atoms with Crippen LogP contribution in [0.3, 0.4) is 0 Å². The molecule has 1 atom stereocenters. The largest absolute Gasteiger partial charge is 0.507 e. The Balaban J connectivity index is 1.85. The lowest BCUT2D eigenvalue weighted by Crippen LogP contribution is -2.29. The van der Waals surface area contributed by atoms with E-state index in [9.17, 15) is 14.7 Å². The Bertz CT molecular complexity index is 1150. The van der Waals surface area contributed by atoms with Crippen LogP contribution in [0.2, 0.25) is 0 Å². The molecule has 32 heavy (non-hydrogen) atoms. The van der Waals surface area contributed by atoms with Crippen molar-refractivity contribution in [3.63, 3.8) is 0 Å². The number of Topliss-reactive ketones (excluding diaryl/α,β-unsaturated/α-hetero) is 1. The summed E-state index contributed by atoms with van der Waals surface area (Å²) in [5, 5.41) is 11.1. The fourth-order valence-electron chi connectivity index (χ4n) is 3.97. The summed E-state index contributed by atoms with van der Waals surface area (Å²) in [6.07, 6.45) is 0.868. The molecule has 0 aromatic heterocycles. The van der Waals surface area contributed by atoms with Crippen molar-refractivity contribution in [2.24, 2.45) is 0 Å². The molecule has 1 heterocycles. The molecule has 3 aromatic carbocycles. The number of amides is 1. The highest BCUT2D eigenvalue weighted by Crippen LogP contribution is 2.42. The zero-order valence-corrected chi connectivity index (χ0v) is 18.1. The molecule has 5 heteroatoms. The molecule has 1 saturated heterocycles. The molecule has 1 aliphatic rings. The first-order chi connectivity index (χ1) is 15.5. The molecule has 1 aliphatic heterocycles. The molecule has 1 fully saturated rings. The minimum absolute atomic E-state index is 0.0827. The summed E-state index contributed by atoms with van der Waals surface area (Å²) in [6.45, 7) is 4.48. The summed E-state index contributed by atoms with van der Waals surface area (Å²) in [4.78, 5) is 27.7. The molecule has 0 spiro atoms. The van der Waals surface area contributed by atoms with E-state index in [2.05, 4.69) is 0 Å². The molecule has 3 aromatic rings. The third-order valence-electron chi connectivity index (χ3n) is 5.62. The maximum atomic E-state index is 13.1. The van der Waals surface area contributed by atoms with Gasteiger partial charge < -0.3 is 9.84 Å². The predicted molar refractivity (Wildman–Crippen MR) is 125 cm³/mol. The van der Waals surface area contributed by atoms with E-state index in [0.717, 1.165) is 17.5 Å². The highest BCUT2D eigenvalue weighted by molar-refractivity contribution is 6.51. The fraction of sp³-hybridized carbons (Fsp3) is 0.185. The first-order valence-electron chi connectivity index (χ1n) is 10.7. The summed E-state index contributed by atoms with van der Waals surface area (Å²) < 4.78 is 5.50. The van der Waals surface area contributed by atoms with E-state index in [0.29, 0.717) is 23.6 Å². The van der Waals surface area contributed by atoms with Gasteiger partial charge in [-0.15, -0.1) is 0 Å². The van der Waals surface area contributed by atoms with Gasteiger partial charge in [-0.3, -0.25) is 14.5 Å². The summed E-state index contributed by atoms with van der Waals surface area (Å²) in [6, 6.07) is 23.0. The quantitative estimate of drug-likeness (QED) is 0.330. The van der Waals surface area contributed by atoms with Gasteiger partial charge >= 0.3 is 0 Å². The van der Waals surface area contributed by atoms with Crippen LogP contribution in [0, 0.1) is 0 Å². The lowest BCUT2D eigenvalue weighted by molar-refractivity contribution is -0.132. The number of aliphatic hydroxyl groups is 1. The molecule has 1 unspecified atom stereocenters. The van der Waals surface area contributed by atoms with E-state index in [4.69, 9.17) is 4.74 Å². The molecule has 0 bridgehead atoms. The van der Waals surface area contributed by atoms with E-state index in [1.165, 1.54) is 4.90 Å². The topological polar surface area (TPSA) is 66.8 Å². The van der Waals surface area contributed by atoms with Gasteiger partial charge in [-0.25, -0.2) is 0 Å². The number of hydrogen-bond donors (Lipinski definition) is 1. The lowest BCUT2D eigenvalue weighted by Gasteiger charge is -2.25. The predicted octanol–water partition coefficient (Wildman–Crippen LogP) is 5.27. The molecule has 0 saturated carbocycles. The maximum absolute atomic E-state index is 13.1. The summed E-state index contributed by atoms with van der Waals surface area (Å²) in [5.41, 5.74) is 3.01. The third kappa shape index (κ3) is 3.89. The summed E-state index contributed by atoms with van der Waals surface area (Å²) in [7, 11) is 0. The van der Waals surface area contributed by atoms with E-state index in [1.54, 1.807) is 36.4 Å². The van der Waals surface area contributed by atoms with Crippen molar-refractivity contribution in [3.8, 4) is 5.75 Å². The fourth-order valence-corrected chi connectivity index (χ4v) is 3.97. The number of benzene rings is 3. The molecule has 1 amide bonds. The van der Waals surface area contributed by atoms with Gasteiger partial charge in [0.1, 0.15) is 11.5 Å². The number of hydrogen-bond acceptors (Lipinski definition) is 4. The van der Waals surface area contributed by atoms with Crippen LogP contribution < -0.4 is 9.64 Å². The number of ether oxygens (including phenoxy) is 1. The van der Waals surface area contributed by atoms with E-state index < -0.39 is 17.7 Å². The third-order valence-corrected chi connectivity index (χ3v) is 5.62. The van der Waals surface area contributed by atoms with Gasteiger partial charge in [-0.05, 0) is 48.7 Å². The van der Waals surface area contributed by atoms with Gasteiger partial charge in [0.05, 0.1) is 18.2 Å². The SMILES string of the molecule is CCOc1ccc(N2C(=O)C(=O)/C(=C(/O)c3ccc(CC)cc3)C2c2ccccc2)cc1. The second kappa shape index (κ2) is 9.10. The van der Waals surface area contributed by atoms with Crippen LogP contribution in [0.5, 0.6) is 5.75 Å². The molecule has 0 radical (unpaired) electrons. The molecule has 0 aliphatic carbocycles. The highest BCUT2D eigenvalue weighted by atomic mass is 16.5. The number of carbonyl (C=O) groups is 2.